The minimum atomic E-state index is -0.0677. The molecule has 0 bridgehead atoms. The summed E-state index contributed by atoms with van der Waals surface area (Å²) in [7, 11) is 1.58. The van der Waals surface area contributed by atoms with Crippen LogP contribution in [0.2, 0.25) is 0 Å². The summed E-state index contributed by atoms with van der Waals surface area (Å²) in [4.78, 5) is 12.0. The van der Waals surface area contributed by atoms with Crippen molar-refractivity contribution in [1.29, 1.82) is 0 Å². The second-order valence-electron chi connectivity index (χ2n) is 4.08. The molecule has 0 aliphatic carbocycles. The Bertz CT molecular complexity index is 621. The minimum absolute atomic E-state index is 0.0677. The zero-order valence-electron chi connectivity index (χ0n) is 11.0. The lowest BCUT2D eigenvalue weighted by Crippen LogP contribution is -1.97. The Morgan fingerprint density at radius 1 is 1.20 bits per heavy atom. The molecule has 2 aromatic rings. The maximum absolute atomic E-state index is 12.0. The van der Waals surface area contributed by atoms with Crippen LogP contribution in [-0.4, -0.2) is 12.9 Å². The first-order valence-electron chi connectivity index (χ1n) is 6.06. The Morgan fingerprint density at radius 3 is 2.65 bits per heavy atom. The number of rotatable bonds is 5. The second-order valence-corrected chi connectivity index (χ2v) is 5.33. The largest absolute Gasteiger partial charge is 0.497 e. The van der Waals surface area contributed by atoms with Crippen molar-refractivity contribution in [3.63, 3.8) is 0 Å². The molecule has 2 rings (SSSR count). The van der Waals surface area contributed by atoms with Crippen molar-refractivity contribution in [3.05, 3.63) is 69.9 Å². The average molecular weight is 379 g/mol. The molecule has 0 amide bonds. The number of ether oxygens (including phenoxy) is 1. The van der Waals surface area contributed by atoms with Crippen LogP contribution < -0.4 is 10.1 Å². The molecule has 0 atom stereocenters. The molecule has 0 fully saturated rings. The van der Waals surface area contributed by atoms with Gasteiger partial charge in [-0.05, 0) is 59.0 Å². The van der Waals surface area contributed by atoms with Crippen LogP contribution in [0.15, 0.2) is 60.8 Å². The van der Waals surface area contributed by atoms with Gasteiger partial charge in [0.1, 0.15) is 5.75 Å². The molecule has 2 aromatic carbocycles. The lowest BCUT2D eigenvalue weighted by molar-refractivity contribution is 0.104. The number of hydrogen-bond acceptors (Lipinski definition) is 3. The Hall–Kier alpha value is -1.82. The van der Waals surface area contributed by atoms with Gasteiger partial charge in [-0.25, -0.2) is 0 Å². The van der Waals surface area contributed by atoms with Crippen molar-refractivity contribution in [3.8, 4) is 5.75 Å². The van der Waals surface area contributed by atoms with E-state index in [1.165, 1.54) is 9.65 Å². The van der Waals surface area contributed by atoms with Crippen molar-refractivity contribution in [1.82, 2.24) is 0 Å². The highest BCUT2D eigenvalue weighted by Crippen LogP contribution is 2.14. The lowest BCUT2D eigenvalue weighted by Gasteiger charge is -2.02. The molecule has 0 spiro atoms. The molecule has 102 valence electrons. The van der Waals surface area contributed by atoms with E-state index >= 15 is 0 Å². The molecule has 0 saturated carbocycles. The van der Waals surface area contributed by atoms with Crippen molar-refractivity contribution in [2.24, 2.45) is 0 Å². The molecule has 0 unspecified atom stereocenters. The van der Waals surface area contributed by atoms with Crippen molar-refractivity contribution in [2.75, 3.05) is 12.4 Å². The van der Waals surface area contributed by atoms with Crippen molar-refractivity contribution >= 4 is 34.1 Å². The number of ketones is 1. The summed E-state index contributed by atoms with van der Waals surface area (Å²) in [6.45, 7) is 0. The van der Waals surface area contributed by atoms with Gasteiger partial charge < -0.3 is 10.1 Å². The smallest absolute Gasteiger partial charge is 0.187 e. The van der Waals surface area contributed by atoms with E-state index in [9.17, 15) is 4.79 Å². The molecule has 0 aromatic heterocycles. The van der Waals surface area contributed by atoms with E-state index in [4.69, 9.17) is 4.74 Å². The lowest BCUT2D eigenvalue weighted by atomic mass is 10.1. The van der Waals surface area contributed by atoms with E-state index in [0.717, 1.165) is 5.69 Å². The van der Waals surface area contributed by atoms with Crippen LogP contribution >= 0.6 is 22.6 Å². The standard InChI is InChI=1S/C16H14INO2/c1-20-15-4-2-3-12(11-15)16(19)9-10-18-14-7-5-13(17)6-8-14/h2-11,18H,1H3/b10-9+. The molecular weight excluding hydrogens is 365 g/mol. The van der Waals surface area contributed by atoms with Crippen LogP contribution in [0.25, 0.3) is 0 Å². The first-order chi connectivity index (χ1) is 9.69. The monoisotopic (exact) mass is 379 g/mol. The van der Waals surface area contributed by atoms with E-state index in [-0.39, 0.29) is 5.78 Å². The Kier molecular flexibility index (Phi) is 5.17. The van der Waals surface area contributed by atoms with Crippen LogP contribution in [0.3, 0.4) is 0 Å². The fraction of sp³-hybridized carbons (Fsp3) is 0.0625. The quantitative estimate of drug-likeness (QED) is 0.483. The first-order valence-corrected chi connectivity index (χ1v) is 7.14. The summed E-state index contributed by atoms with van der Waals surface area (Å²) < 4.78 is 6.27. The molecule has 0 aliphatic heterocycles. The van der Waals surface area contributed by atoms with Gasteiger partial charge >= 0.3 is 0 Å². The molecule has 20 heavy (non-hydrogen) atoms. The van der Waals surface area contributed by atoms with Crippen molar-refractivity contribution in [2.45, 2.75) is 0 Å². The Balaban J connectivity index is 2.00. The summed E-state index contributed by atoms with van der Waals surface area (Å²) in [5.41, 5.74) is 1.55. The summed E-state index contributed by atoms with van der Waals surface area (Å²) in [6.07, 6.45) is 3.15. The van der Waals surface area contributed by atoms with Gasteiger partial charge in [0.25, 0.3) is 0 Å². The number of hydrogen-bond donors (Lipinski definition) is 1. The highest BCUT2D eigenvalue weighted by atomic mass is 127. The van der Waals surface area contributed by atoms with E-state index < -0.39 is 0 Å². The Morgan fingerprint density at radius 2 is 1.95 bits per heavy atom. The number of anilines is 1. The normalized spacial score (nSPS) is 10.5. The zero-order valence-corrected chi connectivity index (χ0v) is 13.1. The SMILES string of the molecule is COc1cccc(C(=O)/C=C/Nc2ccc(I)cc2)c1. The highest BCUT2D eigenvalue weighted by molar-refractivity contribution is 14.1. The zero-order chi connectivity index (χ0) is 14.4. The molecule has 0 radical (unpaired) electrons. The van der Waals surface area contributed by atoms with Crippen molar-refractivity contribution < 1.29 is 9.53 Å². The fourth-order valence-electron chi connectivity index (χ4n) is 1.63. The predicted molar refractivity (Wildman–Crippen MR) is 89.2 cm³/mol. The summed E-state index contributed by atoms with van der Waals surface area (Å²) in [5.74, 6) is 0.608. The van der Waals surface area contributed by atoms with E-state index in [1.807, 2.05) is 30.3 Å². The van der Waals surface area contributed by atoms with Crippen LogP contribution in [-0.2, 0) is 0 Å². The number of carbonyl (C=O) groups is 1. The van der Waals surface area contributed by atoms with E-state index in [0.29, 0.717) is 11.3 Å². The second kappa shape index (κ2) is 7.09. The predicted octanol–water partition coefficient (Wildman–Crippen LogP) is 4.11. The number of methoxy groups -OCH3 is 1. The van der Waals surface area contributed by atoms with Gasteiger partial charge in [-0.2, -0.15) is 0 Å². The molecule has 0 saturated heterocycles. The maximum atomic E-state index is 12.0. The number of carbonyl (C=O) groups excluding carboxylic acids is 1. The third-order valence-electron chi connectivity index (χ3n) is 2.68. The van der Waals surface area contributed by atoms with Gasteiger partial charge in [0, 0.05) is 27.1 Å². The fourth-order valence-corrected chi connectivity index (χ4v) is 1.99. The molecule has 0 aliphatic rings. The van der Waals surface area contributed by atoms with Gasteiger partial charge in [0.05, 0.1) is 7.11 Å². The van der Waals surface area contributed by atoms with Gasteiger partial charge in [0.2, 0.25) is 0 Å². The van der Waals surface area contributed by atoms with Crippen LogP contribution in [0.5, 0.6) is 5.75 Å². The minimum Gasteiger partial charge on any atom is -0.497 e. The van der Waals surface area contributed by atoms with Crippen LogP contribution in [0.1, 0.15) is 10.4 Å². The third-order valence-corrected chi connectivity index (χ3v) is 3.40. The van der Waals surface area contributed by atoms with Gasteiger partial charge in [-0.1, -0.05) is 12.1 Å². The molecule has 1 N–H and O–H groups in total. The topological polar surface area (TPSA) is 38.3 Å². The molecule has 4 heteroatoms. The average Bonchev–Trinajstić information content (AvgIpc) is 2.49. The third kappa shape index (κ3) is 4.09. The number of nitrogens with one attached hydrogen (secondary N) is 1. The number of halogens is 1. The molecule has 3 nitrogen and oxygen atoms in total. The van der Waals surface area contributed by atoms with Gasteiger partial charge in [-0.3, -0.25) is 4.79 Å². The molecular formula is C16H14INO2. The summed E-state index contributed by atoms with van der Waals surface area (Å²) in [5, 5.41) is 3.07. The highest BCUT2D eigenvalue weighted by Gasteiger charge is 2.02. The number of benzene rings is 2. The summed E-state index contributed by atoms with van der Waals surface area (Å²) >= 11 is 2.25. The Labute approximate surface area is 131 Å². The van der Waals surface area contributed by atoms with E-state index in [2.05, 4.69) is 27.9 Å². The maximum Gasteiger partial charge on any atom is 0.187 e. The number of allylic oxidation sites excluding steroid dienone is 1. The summed E-state index contributed by atoms with van der Waals surface area (Å²) in [6, 6.07) is 15.0. The van der Waals surface area contributed by atoms with Gasteiger partial charge in [-0.15, -0.1) is 0 Å². The van der Waals surface area contributed by atoms with Gasteiger partial charge in [0.15, 0.2) is 5.78 Å². The molecule has 0 heterocycles. The first kappa shape index (κ1) is 14.6. The van der Waals surface area contributed by atoms with Crippen LogP contribution in [0.4, 0.5) is 5.69 Å². The van der Waals surface area contributed by atoms with Crippen LogP contribution in [0, 0.1) is 3.57 Å². The van der Waals surface area contributed by atoms with E-state index in [1.54, 1.807) is 31.5 Å².